The molecule has 0 spiro atoms. The number of amides is 1. The fraction of sp³-hybridized carbons (Fsp3) is 0.357. The van der Waals surface area contributed by atoms with Crippen molar-refractivity contribution in [1.29, 1.82) is 0 Å². The number of pyridine rings is 1. The number of hydrogen-bond donors (Lipinski definition) is 1. The molecule has 34 heavy (non-hydrogen) atoms. The Morgan fingerprint density at radius 3 is 2.79 bits per heavy atom. The summed E-state index contributed by atoms with van der Waals surface area (Å²) in [6.45, 7) is 3.35. The molecule has 1 saturated heterocycles. The Kier molecular flexibility index (Phi) is 6.77. The van der Waals surface area contributed by atoms with Crippen molar-refractivity contribution < 1.29 is 14.3 Å². The van der Waals surface area contributed by atoms with Gasteiger partial charge in [0.2, 0.25) is 11.8 Å². The quantitative estimate of drug-likeness (QED) is 0.597. The van der Waals surface area contributed by atoms with Crippen molar-refractivity contribution in [3.05, 3.63) is 72.4 Å². The van der Waals surface area contributed by atoms with Gasteiger partial charge in [-0.2, -0.15) is 0 Å². The number of aromatic nitrogens is 1. The summed E-state index contributed by atoms with van der Waals surface area (Å²) in [7, 11) is 1.66. The Hall–Kier alpha value is -3.38. The molecule has 2 aliphatic heterocycles. The van der Waals surface area contributed by atoms with Gasteiger partial charge in [0, 0.05) is 31.3 Å². The van der Waals surface area contributed by atoms with Gasteiger partial charge in [-0.25, -0.2) is 4.98 Å². The third kappa shape index (κ3) is 5.07. The molecule has 0 saturated carbocycles. The molecule has 3 aromatic rings. The maximum absolute atomic E-state index is 13.0. The average molecular weight is 458 g/mol. The van der Waals surface area contributed by atoms with Crippen LogP contribution in [0.25, 0.3) is 11.1 Å². The summed E-state index contributed by atoms with van der Waals surface area (Å²) in [5.74, 6) is 2.25. The summed E-state index contributed by atoms with van der Waals surface area (Å²) in [6.07, 6.45) is 4.23. The number of carbonyl (C=O) groups excluding carboxylic acids is 1. The van der Waals surface area contributed by atoms with Crippen LogP contribution in [0.15, 0.2) is 66.9 Å². The van der Waals surface area contributed by atoms with Crippen LogP contribution >= 0.6 is 0 Å². The Balaban J connectivity index is 1.29. The molecule has 0 bridgehead atoms. The van der Waals surface area contributed by atoms with Crippen LogP contribution < -0.4 is 14.8 Å². The minimum Gasteiger partial charge on any atom is -0.491 e. The normalized spacial score (nSPS) is 20.9. The number of carbonyl (C=O) groups is 1. The van der Waals surface area contributed by atoms with E-state index in [0.717, 1.165) is 60.6 Å². The first kappa shape index (κ1) is 22.4. The molecular weight excluding hydrogens is 426 g/mol. The highest BCUT2D eigenvalue weighted by Crippen LogP contribution is 2.35. The third-order valence-electron chi connectivity index (χ3n) is 6.97. The molecule has 1 N–H and O–H groups in total. The Morgan fingerprint density at radius 1 is 1.06 bits per heavy atom. The highest BCUT2D eigenvalue weighted by molar-refractivity contribution is 5.93. The molecule has 0 radical (unpaired) electrons. The molecule has 3 heterocycles. The summed E-state index contributed by atoms with van der Waals surface area (Å²) >= 11 is 0. The van der Waals surface area contributed by atoms with Gasteiger partial charge < -0.3 is 14.8 Å². The number of anilines is 1. The van der Waals surface area contributed by atoms with Crippen LogP contribution in [0.4, 0.5) is 5.69 Å². The minimum absolute atomic E-state index is 0.0642. The lowest BCUT2D eigenvalue weighted by Gasteiger charge is -2.39. The van der Waals surface area contributed by atoms with E-state index in [1.165, 1.54) is 0 Å². The molecule has 2 aromatic carbocycles. The number of benzene rings is 2. The van der Waals surface area contributed by atoms with E-state index in [1.807, 2.05) is 36.4 Å². The number of ether oxygens (including phenoxy) is 2. The number of nitrogens with one attached hydrogen (secondary N) is 1. The van der Waals surface area contributed by atoms with E-state index in [1.54, 1.807) is 13.3 Å². The lowest BCUT2D eigenvalue weighted by molar-refractivity contribution is -0.118. The molecule has 1 fully saturated rings. The number of nitrogens with zero attached hydrogens (tertiary/aromatic N) is 2. The molecule has 6 heteroatoms. The molecule has 6 nitrogen and oxygen atoms in total. The second-order valence-electron chi connectivity index (χ2n) is 9.18. The van der Waals surface area contributed by atoms with Crippen molar-refractivity contribution in [3.8, 4) is 22.8 Å². The molecule has 1 amide bonds. The van der Waals surface area contributed by atoms with Crippen molar-refractivity contribution in [2.24, 2.45) is 11.8 Å². The fourth-order valence-corrected chi connectivity index (χ4v) is 5.19. The van der Waals surface area contributed by atoms with Gasteiger partial charge in [0.05, 0.1) is 19.4 Å². The first-order valence-corrected chi connectivity index (χ1v) is 12.0. The van der Waals surface area contributed by atoms with Gasteiger partial charge in [0.15, 0.2) is 0 Å². The highest BCUT2D eigenvalue weighted by Gasteiger charge is 2.32. The number of hydrogen-bond acceptors (Lipinski definition) is 5. The van der Waals surface area contributed by atoms with Crippen LogP contribution in [-0.2, 0) is 11.3 Å². The molecule has 2 aliphatic rings. The standard InChI is InChI=1S/C28H31N3O3/c1-33-28-24(8-5-13-29-28)19-31-14-11-22-17-27(32)30-25-16-21(20-6-3-2-4-7-20)9-10-26(25)34-15-12-23(22)18-31/h2-10,13,16,22-23H,11-12,14-15,17-19H2,1H3,(H,30,32)/t22-,23-/m0/s1. The first-order valence-electron chi connectivity index (χ1n) is 12.0. The number of rotatable bonds is 4. The number of fused-ring (bicyclic) bond motifs is 2. The van der Waals surface area contributed by atoms with Gasteiger partial charge in [-0.15, -0.1) is 0 Å². The van der Waals surface area contributed by atoms with E-state index < -0.39 is 0 Å². The van der Waals surface area contributed by atoms with Crippen molar-refractivity contribution in [1.82, 2.24) is 9.88 Å². The van der Waals surface area contributed by atoms with E-state index in [0.29, 0.717) is 30.7 Å². The number of likely N-dealkylation sites (tertiary alicyclic amines) is 1. The zero-order valence-corrected chi connectivity index (χ0v) is 19.6. The van der Waals surface area contributed by atoms with Crippen molar-refractivity contribution in [2.75, 3.05) is 32.1 Å². The van der Waals surface area contributed by atoms with Gasteiger partial charge in [0.25, 0.3) is 0 Å². The van der Waals surface area contributed by atoms with Crippen LogP contribution in [0.5, 0.6) is 11.6 Å². The van der Waals surface area contributed by atoms with Crippen molar-refractivity contribution in [2.45, 2.75) is 25.8 Å². The van der Waals surface area contributed by atoms with Crippen LogP contribution in [0.2, 0.25) is 0 Å². The Bertz CT molecular complexity index is 1130. The van der Waals surface area contributed by atoms with Gasteiger partial charge in [0.1, 0.15) is 5.75 Å². The summed E-state index contributed by atoms with van der Waals surface area (Å²) in [4.78, 5) is 19.8. The van der Waals surface area contributed by atoms with Gasteiger partial charge >= 0.3 is 0 Å². The zero-order chi connectivity index (χ0) is 23.3. The second-order valence-corrected chi connectivity index (χ2v) is 9.18. The van der Waals surface area contributed by atoms with Crippen LogP contribution in [0, 0.1) is 11.8 Å². The van der Waals surface area contributed by atoms with Crippen molar-refractivity contribution >= 4 is 11.6 Å². The van der Waals surface area contributed by atoms with E-state index in [2.05, 4.69) is 39.5 Å². The van der Waals surface area contributed by atoms with E-state index in [9.17, 15) is 4.79 Å². The maximum Gasteiger partial charge on any atom is 0.224 e. The smallest absolute Gasteiger partial charge is 0.224 e. The zero-order valence-electron chi connectivity index (χ0n) is 19.6. The summed E-state index contributed by atoms with van der Waals surface area (Å²) in [5, 5.41) is 3.14. The van der Waals surface area contributed by atoms with Gasteiger partial charge in [-0.05, 0) is 60.5 Å². The lowest BCUT2D eigenvalue weighted by Crippen LogP contribution is -2.42. The molecule has 176 valence electrons. The molecule has 0 unspecified atom stereocenters. The van der Waals surface area contributed by atoms with Crippen LogP contribution in [0.3, 0.4) is 0 Å². The fourth-order valence-electron chi connectivity index (χ4n) is 5.19. The van der Waals surface area contributed by atoms with Crippen LogP contribution in [0.1, 0.15) is 24.8 Å². The molecule has 0 aliphatic carbocycles. The Morgan fingerprint density at radius 2 is 1.94 bits per heavy atom. The molecular formula is C28H31N3O3. The molecule has 1 aromatic heterocycles. The van der Waals surface area contributed by atoms with E-state index in [-0.39, 0.29) is 5.91 Å². The summed E-state index contributed by atoms with van der Waals surface area (Å²) in [5.41, 5.74) is 4.04. The predicted octanol–water partition coefficient (Wildman–Crippen LogP) is 5.01. The van der Waals surface area contributed by atoms with E-state index >= 15 is 0 Å². The number of piperidine rings is 1. The predicted molar refractivity (Wildman–Crippen MR) is 133 cm³/mol. The third-order valence-corrected chi connectivity index (χ3v) is 6.97. The molecule has 5 rings (SSSR count). The Labute approximate surface area is 200 Å². The maximum atomic E-state index is 13.0. The average Bonchev–Trinajstić information content (AvgIpc) is 2.87. The van der Waals surface area contributed by atoms with E-state index in [4.69, 9.17) is 9.47 Å². The minimum atomic E-state index is 0.0642. The molecule has 2 atom stereocenters. The summed E-state index contributed by atoms with van der Waals surface area (Å²) in [6, 6.07) is 20.3. The first-order chi connectivity index (χ1) is 16.7. The summed E-state index contributed by atoms with van der Waals surface area (Å²) < 4.78 is 11.6. The SMILES string of the molecule is COc1ncccc1CN1CC[C@H]2CC(=O)Nc3cc(-c4ccccc4)ccc3OCC[C@H]2C1. The lowest BCUT2D eigenvalue weighted by atomic mass is 9.81. The highest BCUT2D eigenvalue weighted by atomic mass is 16.5. The van der Waals surface area contributed by atoms with Crippen LogP contribution in [-0.4, -0.2) is 42.6 Å². The second kappa shape index (κ2) is 10.3. The topological polar surface area (TPSA) is 63.7 Å². The van der Waals surface area contributed by atoms with Gasteiger partial charge in [-0.3, -0.25) is 9.69 Å². The largest absolute Gasteiger partial charge is 0.491 e. The number of methoxy groups -OCH3 is 1. The van der Waals surface area contributed by atoms with Gasteiger partial charge in [-0.1, -0.05) is 42.5 Å². The monoisotopic (exact) mass is 457 g/mol. The van der Waals surface area contributed by atoms with Crippen molar-refractivity contribution in [3.63, 3.8) is 0 Å².